The normalized spacial score (nSPS) is 33.5. The second-order valence-corrected chi connectivity index (χ2v) is 5.12. The van der Waals surface area contributed by atoms with Crippen LogP contribution in [0, 0.1) is 5.92 Å². The molecule has 3 heteroatoms. The molecule has 16 heavy (non-hydrogen) atoms. The lowest BCUT2D eigenvalue weighted by Gasteiger charge is -2.24. The largest absolute Gasteiger partial charge is 0.342 e. The number of carbonyl (C=O) groups excluding carboxylic acids is 1. The summed E-state index contributed by atoms with van der Waals surface area (Å²) in [5.74, 6) is 1.08. The number of nitrogens with zero attached hydrogens (tertiary/aromatic N) is 1. The average molecular weight is 224 g/mol. The molecule has 1 heterocycles. The van der Waals surface area contributed by atoms with Gasteiger partial charge in [0.2, 0.25) is 5.91 Å². The van der Waals surface area contributed by atoms with Gasteiger partial charge < -0.3 is 10.2 Å². The molecule has 1 aliphatic carbocycles. The number of carbonyl (C=O) groups is 1. The first-order chi connectivity index (χ1) is 7.76. The molecule has 2 fully saturated rings. The van der Waals surface area contributed by atoms with Crippen molar-refractivity contribution in [3.05, 3.63) is 0 Å². The van der Waals surface area contributed by atoms with Crippen LogP contribution in [0.2, 0.25) is 0 Å². The summed E-state index contributed by atoms with van der Waals surface area (Å²) in [5.41, 5.74) is 0. The number of rotatable bonds is 3. The Bertz CT molecular complexity index is 236. The van der Waals surface area contributed by atoms with Crippen molar-refractivity contribution in [2.75, 3.05) is 13.1 Å². The van der Waals surface area contributed by atoms with Gasteiger partial charge in [0.15, 0.2) is 0 Å². The van der Waals surface area contributed by atoms with E-state index in [-0.39, 0.29) is 6.04 Å². The van der Waals surface area contributed by atoms with E-state index < -0.39 is 0 Å². The summed E-state index contributed by atoms with van der Waals surface area (Å²) in [6, 6.07) is 0.728. The van der Waals surface area contributed by atoms with Crippen LogP contribution >= 0.6 is 0 Å². The van der Waals surface area contributed by atoms with Crippen molar-refractivity contribution in [2.45, 2.75) is 58.0 Å². The summed E-state index contributed by atoms with van der Waals surface area (Å²) in [6.07, 6.45) is 6.35. The minimum Gasteiger partial charge on any atom is -0.342 e. The number of nitrogens with one attached hydrogen (secondary N) is 1. The van der Waals surface area contributed by atoms with E-state index in [1.807, 2.05) is 4.90 Å². The maximum absolute atomic E-state index is 12.2. The van der Waals surface area contributed by atoms with E-state index in [1.165, 1.54) is 25.7 Å². The standard InChI is InChI=1S/C13H24N2O/c1-3-15(4-2)13(16)12-9-10-7-5-6-8-11(10)14-12/h10-12,14H,3-9H2,1-2H3. The highest BCUT2D eigenvalue weighted by molar-refractivity contribution is 5.82. The molecule has 2 rings (SSSR count). The summed E-state index contributed by atoms with van der Waals surface area (Å²) in [4.78, 5) is 14.2. The van der Waals surface area contributed by atoms with E-state index in [2.05, 4.69) is 19.2 Å². The molecule has 0 aromatic heterocycles. The van der Waals surface area contributed by atoms with Crippen LogP contribution in [-0.2, 0) is 4.79 Å². The fourth-order valence-corrected chi connectivity index (χ4v) is 3.27. The van der Waals surface area contributed by atoms with Crippen molar-refractivity contribution in [2.24, 2.45) is 5.92 Å². The van der Waals surface area contributed by atoms with Gasteiger partial charge >= 0.3 is 0 Å². The predicted octanol–water partition coefficient (Wildman–Crippen LogP) is 1.78. The zero-order valence-electron chi connectivity index (χ0n) is 10.5. The number of likely N-dealkylation sites (N-methyl/N-ethyl adjacent to an activating group) is 1. The third-order valence-electron chi connectivity index (χ3n) is 4.24. The number of hydrogen-bond acceptors (Lipinski definition) is 2. The Labute approximate surface area is 98.6 Å². The summed E-state index contributed by atoms with van der Waals surface area (Å²) in [6.45, 7) is 5.79. The van der Waals surface area contributed by atoms with Gasteiger partial charge in [0.1, 0.15) is 0 Å². The van der Waals surface area contributed by atoms with Crippen LogP contribution in [0.1, 0.15) is 46.0 Å². The van der Waals surface area contributed by atoms with Gasteiger partial charge in [0, 0.05) is 19.1 Å². The Hall–Kier alpha value is -0.570. The predicted molar refractivity (Wildman–Crippen MR) is 65.2 cm³/mol. The third-order valence-corrected chi connectivity index (χ3v) is 4.24. The number of fused-ring (bicyclic) bond motifs is 1. The van der Waals surface area contributed by atoms with Crippen molar-refractivity contribution in [1.82, 2.24) is 10.2 Å². The fourth-order valence-electron chi connectivity index (χ4n) is 3.27. The lowest BCUT2D eigenvalue weighted by Crippen LogP contribution is -2.45. The summed E-state index contributed by atoms with van der Waals surface area (Å²) >= 11 is 0. The van der Waals surface area contributed by atoms with E-state index in [1.54, 1.807) is 0 Å². The Morgan fingerprint density at radius 2 is 1.94 bits per heavy atom. The van der Waals surface area contributed by atoms with Gasteiger partial charge in [0.25, 0.3) is 0 Å². The molecule has 0 radical (unpaired) electrons. The molecule has 1 saturated heterocycles. The van der Waals surface area contributed by atoms with Gasteiger partial charge in [-0.05, 0) is 39.0 Å². The van der Waals surface area contributed by atoms with Crippen LogP contribution in [-0.4, -0.2) is 36.0 Å². The molecule has 0 spiro atoms. The second kappa shape index (κ2) is 5.17. The molecule has 1 amide bonds. The Balaban J connectivity index is 1.94. The molecule has 92 valence electrons. The molecule has 1 N–H and O–H groups in total. The van der Waals surface area contributed by atoms with Gasteiger partial charge in [-0.2, -0.15) is 0 Å². The second-order valence-electron chi connectivity index (χ2n) is 5.12. The quantitative estimate of drug-likeness (QED) is 0.792. The highest BCUT2D eigenvalue weighted by Crippen LogP contribution is 2.33. The van der Waals surface area contributed by atoms with Crippen molar-refractivity contribution < 1.29 is 4.79 Å². The maximum atomic E-state index is 12.2. The van der Waals surface area contributed by atoms with Gasteiger partial charge in [-0.15, -0.1) is 0 Å². The van der Waals surface area contributed by atoms with Crippen LogP contribution in [0.15, 0.2) is 0 Å². The average Bonchev–Trinajstić information content (AvgIpc) is 2.74. The first-order valence-electron chi connectivity index (χ1n) is 6.81. The van der Waals surface area contributed by atoms with Crippen molar-refractivity contribution in [1.29, 1.82) is 0 Å². The summed E-state index contributed by atoms with van der Waals surface area (Å²) in [5, 5.41) is 3.55. The van der Waals surface area contributed by atoms with Gasteiger partial charge in [-0.3, -0.25) is 4.79 Å². The van der Waals surface area contributed by atoms with Crippen LogP contribution in [0.5, 0.6) is 0 Å². The molecule has 2 aliphatic rings. The van der Waals surface area contributed by atoms with E-state index in [0.29, 0.717) is 11.9 Å². The van der Waals surface area contributed by atoms with E-state index >= 15 is 0 Å². The zero-order chi connectivity index (χ0) is 11.5. The molecule has 3 nitrogen and oxygen atoms in total. The Kier molecular flexibility index (Phi) is 3.85. The van der Waals surface area contributed by atoms with E-state index in [0.717, 1.165) is 25.4 Å². The molecule has 0 aromatic carbocycles. The lowest BCUT2D eigenvalue weighted by atomic mass is 9.85. The monoisotopic (exact) mass is 224 g/mol. The van der Waals surface area contributed by atoms with Crippen molar-refractivity contribution in [3.8, 4) is 0 Å². The van der Waals surface area contributed by atoms with E-state index in [9.17, 15) is 4.79 Å². The molecule has 0 aromatic rings. The van der Waals surface area contributed by atoms with Gasteiger partial charge in [-0.1, -0.05) is 12.8 Å². The Morgan fingerprint density at radius 3 is 2.56 bits per heavy atom. The third kappa shape index (κ3) is 2.24. The number of amides is 1. The van der Waals surface area contributed by atoms with E-state index in [4.69, 9.17) is 0 Å². The first kappa shape index (κ1) is 11.9. The molecular formula is C13H24N2O. The maximum Gasteiger partial charge on any atom is 0.239 e. The minimum absolute atomic E-state index is 0.105. The van der Waals surface area contributed by atoms with Crippen LogP contribution in [0.4, 0.5) is 0 Å². The van der Waals surface area contributed by atoms with Crippen LogP contribution in [0.25, 0.3) is 0 Å². The summed E-state index contributed by atoms with van der Waals surface area (Å²) < 4.78 is 0. The topological polar surface area (TPSA) is 32.3 Å². The van der Waals surface area contributed by atoms with Gasteiger partial charge in [-0.25, -0.2) is 0 Å². The van der Waals surface area contributed by atoms with Gasteiger partial charge in [0.05, 0.1) is 6.04 Å². The molecular weight excluding hydrogens is 200 g/mol. The zero-order valence-corrected chi connectivity index (χ0v) is 10.5. The van der Waals surface area contributed by atoms with Crippen molar-refractivity contribution >= 4 is 5.91 Å². The SMILES string of the molecule is CCN(CC)C(=O)C1CC2CCCCC2N1. The summed E-state index contributed by atoms with van der Waals surface area (Å²) in [7, 11) is 0. The molecule has 3 atom stereocenters. The molecule has 0 bridgehead atoms. The van der Waals surface area contributed by atoms with Crippen LogP contribution in [0.3, 0.4) is 0 Å². The molecule has 3 unspecified atom stereocenters. The minimum atomic E-state index is 0.105. The highest BCUT2D eigenvalue weighted by atomic mass is 16.2. The smallest absolute Gasteiger partial charge is 0.239 e. The van der Waals surface area contributed by atoms with Crippen molar-refractivity contribution in [3.63, 3.8) is 0 Å². The number of hydrogen-bond donors (Lipinski definition) is 1. The molecule has 1 saturated carbocycles. The van der Waals surface area contributed by atoms with Crippen LogP contribution < -0.4 is 5.32 Å². The fraction of sp³-hybridized carbons (Fsp3) is 0.923. The first-order valence-corrected chi connectivity index (χ1v) is 6.81. The highest BCUT2D eigenvalue weighted by Gasteiger charge is 2.39. The Morgan fingerprint density at radius 1 is 1.25 bits per heavy atom. The molecule has 1 aliphatic heterocycles. The lowest BCUT2D eigenvalue weighted by molar-refractivity contribution is -0.132.